The van der Waals surface area contributed by atoms with Gasteiger partial charge in [0.05, 0.1) is 6.04 Å². The quantitative estimate of drug-likeness (QED) is 0.758. The zero-order valence-corrected chi connectivity index (χ0v) is 12.6. The summed E-state index contributed by atoms with van der Waals surface area (Å²) >= 11 is 0. The van der Waals surface area contributed by atoms with Gasteiger partial charge in [-0.2, -0.15) is 0 Å². The van der Waals surface area contributed by atoms with Gasteiger partial charge in [-0.3, -0.25) is 0 Å². The molecule has 2 aromatic carbocycles. The maximum Gasteiger partial charge on any atom is 0.0686 e. The fraction of sp³-hybridized carbons (Fsp3) is 0.300. The monoisotopic (exact) mass is 277 g/mol. The molecule has 108 valence electrons. The predicted molar refractivity (Wildman–Crippen MR) is 90.1 cm³/mol. The Bertz CT molecular complexity index is 512. The van der Waals surface area contributed by atoms with Crippen molar-refractivity contribution in [1.82, 2.24) is 5.32 Å². The molecule has 2 rings (SSSR count). The Labute approximate surface area is 128 Å². The van der Waals surface area contributed by atoms with Crippen LogP contribution in [0.4, 0.5) is 0 Å². The molecule has 0 spiro atoms. The molecule has 1 N–H and O–H groups in total. The molecule has 0 bridgehead atoms. The number of nitrogens with one attached hydrogen (secondary N) is 1. The van der Waals surface area contributed by atoms with E-state index < -0.39 is 0 Å². The predicted octanol–water partition coefficient (Wildman–Crippen LogP) is 3.84. The Balaban J connectivity index is 2.08. The molecule has 0 aliphatic carbocycles. The summed E-state index contributed by atoms with van der Waals surface area (Å²) in [6.07, 6.45) is 8.55. The van der Waals surface area contributed by atoms with E-state index in [1.54, 1.807) is 0 Å². The van der Waals surface area contributed by atoms with Gasteiger partial charge in [-0.25, -0.2) is 0 Å². The SMILES string of the molecule is C#CC(CC)NC(Cc1ccccc1)Cc1ccccc1. The zero-order valence-electron chi connectivity index (χ0n) is 12.6. The van der Waals surface area contributed by atoms with Crippen molar-refractivity contribution in [2.75, 3.05) is 0 Å². The molecule has 0 fully saturated rings. The smallest absolute Gasteiger partial charge is 0.0686 e. The van der Waals surface area contributed by atoms with Gasteiger partial charge in [0.25, 0.3) is 0 Å². The van der Waals surface area contributed by atoms with Crippen LogP contribution >= 0.6 is 0 Å². The molecule has 0 aliphatic heterocycles. The Morgan fingerprint density at radius 2 is 1.38 bits per heavy atom. The first-order valence-corrected chi connectivity index (χ1v) is 7.62. The number of terminal acetylenes is 1. The highest BCUT2D eigenvalue weighted by Gasteiger charge is 2.14. The van der Waals surface area contributed by atoms with Crippen LogP contribution in [0, 0.1) is 12.3 Å². The van der Waals surface area contributed by atoms with Gasteiger partial charge in [0, 0.05) is 6.04 Å². The summed E-state index contributed by atoms with van der Waals surface area (Å²) in [6, 6.07) is 21.7. The molecule has 0 radical (unpaired) electrons. The summed E-state index contributed by atoms with van der Waals surface area (Å²) in [6.45, 7) is 2.12. The lowest BCUT2D eigenvalue weighted by atomic mass is 9.98. The van der Waals surface area contributed by atoms with E-state index in [2.05, 4.69) is 78.8 Å². The van der Waals surface area contributed by atoms with Crippen LogP contribution in [0.2, 0.25) is 0 Å². The van der Waals surface area contributed by atoms with Gasteiger partial charge in [-0.15, -0.1) is 6.42 Å². The van der Waals surface area contributed by atoms with Crippen molar-refractivity contribution < 1.29 is 0 Å². The molecule has 0 saturated heterocycles. The summed E-state index contributed by atoms with van der Waals surface area (Å²) in [4.78, 5) is 0. The molecule has 1 unspecified atom stereocenters. The lowest BCUT2D eigenvalue weighted by molar-refractivity contribution is 0.462. The van der Waals surface area contributed by atoms with Gasteiger partial charge < -0.3 is 5.32 Å². The zero-order chi connectivity index (χ0) is 14.9. The second-order valence-corrected chi connectivity index (χ2v) is 5.37. The standard InChI is InChI=1S/C20H23N/c1-3-19(4-2)21-20(15-17-11-7-5-8-12-17)16-18-13-9-6-10-14-18/h1,5-14,19-21H,4,15-16H2,2H3. The van der Waals surface area contributed by atoms with Gasteiger partial charge in [0.15, 0.2) is 0 Å². The van der Waals surface area contributed by atoms with Crippen LogP contribution < -0.4 is 5.32 Å². The molecule has 1 atom stereocenters. The molecule has 21 heavy (non-hydrogen) atoms. The third kappa shape index (κ3) is 5.10. The topological polar surface area (TPSA) is 12.0 Å². The summed E-state index contributed by atoms with van der Waals surface area (Å²) in [5.41, 5.74) is 2.69. The molecule has 0 heterocycles. The van der Waals surface area contributed by atoms with Gasteiger partial charge in [0.2, 0.25) is 0 Å². The molecular weight excluding hydrogens is 254 g/mol. The fourth-order valence-electron chi connectivity index (χ4n) is 2.56. The third-order valence-electron chi connectivity index (χ3n) is 3.70. The molecule has 0 amide bonds. The van der Waals surface area contributed by atoms with Gasteiger partial charge >= 0.3 is 0 Å². The van der Waals surface area contributed by atoms with Crippen molar-refractivity contribution in [2.45, 2.75) is 38.3 Å². The van der Waals surface area contributed by atoms with E-state index in [0.29, 0.717) is 6.04 Å². The minimum Gasteiger partial charge on any atom is -0.300 e. The number of benzene rings is 2. The van der Waals surface area contributed by atoms with Crippen LogP contribution in [0.25, 0.3) is 0 Å². The Hall–Kier alpha value is -2.04. The lowest BCUT2D eigenvalue weighted by Crippen LogP contribution is -2.40. The minimum atomic E-state index is 0.141. The summed E-state index contributed by atoms with van der Waals surface area (Å²) in [5, 5.41) is 3.61. The van der Waals surface area contributed by atoms with E-state index in [1.165, 1.54) is 11.1 Å². The van der Waals surface area contributed by atoms with Gasteiger partial charge in [0.1, 0.15) is 0 Å². The highest BCUT2D eigenvalue weighted by molar-refractivity contribution is 5.20. The molecule has 1 nitrogen and oxygen atoms in total. The first-order chi connectivity index (χ1) is 10.3. The summed E-state index contributed by atoms with van der Waals surface area (Å²) in [5.74, 6) is 2.84. The van der Waals surface area contributed by atoms with E-state index in [-0.39, 0.29) is 6.04 Å². The molecule has 1 heteroatoms. The van der Waals surface area contributed by atoms with Crippen LogP contribution in [-0.2, 0) is 12.8 Å². The number of hydrogen-bond acceptors (Lipinski definition) is 1. The number of hydrogen-bond donors (Lipinski definition) is 1. The molecule has 2 aromatic rings. The Kier molecular flexibility index (Phi) is 6.06. The highest BCUT2D eigenvalue weighted by atomic mass is 14.9. The maximum absolute atomic E-state index is 5.61. The number of rotatable bonds is 7. The van der Waals surface area contributed by atoms with Crippen LogP contribution in [0.5, 0.6) is 0 Å². The van der Waals surface area contributed by atoms with E-state index in [0.717, 1.165) is 19.3 Å². The maximum atomic E-state index is 5.61. The first kappa shape index (κ1) is 15.4. The largest absolute Gasteiger partial charge is 0.300 e. The van der Waals surface area contributed by atoms with Gasteiger partial charge in [-0.1, -0.05) is 73.5 Å². The van der Waals surface area contributed by atoms with Gasteiger partial charge in [-0.05, 0) is 30.4 Å². The second kappa shape index (κ2) is 8.29. The van der Waals surface area contributed by atoms with Crippen molar-refractivity contribution in [1.29, 1.82) is 0 Å². The average Bonchev–Trinajstić information content (AvgIpc) is 2.54. The fourth-order valence-corrected chi connectivity index (χ4v) is 2.56. The Morgan fingerprint density at radius 3 is 1.76 bits per heavy atom. The van der Waals surface area contributed by atoms with E-state index in [9.17, 15) is 0 Å². The van der Waals surface area contributed by atoms with Crippen LogP contribution in [-0.4, -0.2) is 12.1 Å². The van der Waals surface area contributed by atoms with E-state index >= 15 is 0 Å². The Morgan fingerprint density at radius 1 is 0.905 bits per heavy atom. The van der Waals surface area contributed by atoms with Crippen molar-refractivity contribution in [2.24, 2.45) is 0 Å². The lowest BCUT2D eigenvalue weighted by Gasteiger charge is -2.22. The molecular formula is C20H23N. The highest BCUT2D eigenvalue weighted by Crippen LogP contribution is 2.10. The first-order valence-electron chi connectivity index (χ1n) is 7.62. The summed E-state index contributed by atoms with van der Waals surface area (Å²) < 4.78 is 0. The van der Waals surface area contributed by atoms with Crippen molar-refractivity contribution in [3.05, 3.63) is 71.8 Å². The van der Waals surface area contributed by atoms with E-state index in [4.69, 9.17) is 6.42 Å². The van der Waals surface area contributed by atoms with Crippen molar-refractivity contribution >= 4 is 0 Å². The van der Waals surface area contributed by atoms with Crippen molar-refractivity contribution in [3.8, 4) is 12.3 Å². The summed E-state index contributed by atoms with van der Waals surface area (Å²) in [7, 11) is 0. The third-order valence-corrected chi connectivity index (χ3v) is 3.70. The van der Waals surface area contributed by atoms with Crippen molar-refractivity contribution in [3.63, 3.8) is 0 Å². The molecule has 0 aliphatic rings. The average molecular weight is 277 g/mol. The molecule has 0 saturated carbocycles. The van der Waals surface area contributed by atoms with Crippen LogP contribution in [0.15, 0.2) is 60.7 Å². The van der Waals surface area contributed by atoms with Crippen LogP contribution in [0.1, 0.15) is 24.5 Å². The molecule has 0 aromatic heterocycles. The van der Waals surface area contributed by atoms with Crippen LogP contribution in [0.3, 0.4) is 0 Å². The second-order valence-electron chi connectivity index (χ2n) is 5.37. The normalized spacial score (nSPS) is 12.0. The van der Waals surface area contributed by atoms with E-state index in [1.807, 2.05) is 0 Å². The minimum absolute atomic E-state index is 0.141.